The van der Waals surface area contributed by atoms with Gasteiger partial charge >= 0.3 is 0 Å². The number of hydrogen-bond acceptors (Lipinski definition) is 4. The molecule has 0 aliphatic rings. The molecule has 0 atom stereocenters. The van der Waals surface area contributed by atoms with E-state index in [-0.39, 0.29) is 6.61 Å². The smallest absolute Gasteiger partial charge is 0.138 e. The molecule has 0 radical (unpaired) electrons. The Morgan fingerprint density at radius 3 is 2.91 bits per heavy atom. The van der Waals surface area contributed by atoms with E-state index in [0.717, 1.165) is 10.9 Å². The third-order valence-corrected chi connectivity index (χ3v) is 2.12. The molecule has 1 aromatic heterocycles. The number of thioether (sulfide) groups is 1. The topological polar surface area (TPSA) is 74.9 Å². The zero-order chi connectivity index (χ0) is 8.27. The molecule has 0 saturated heterocycles. The molecule has 0 unspecified atom stereocenters. The van der Waals surface area contributed by atoms with Crippen molar-refractivity contribution in [3.63, 3.8) is 0 Å². The number of aliphatic hydroxyl groups excluding tert-OH is 1. The van der Waals surface area contributed by atoms with Crippen molar-refractivity contribution < 1.29 is 5.11 Å². The number of nitrogens with two attached hydrogens (primary N) is 1. The van der Waals surface area contributed by atoms with Crippen LogP contribution in [0, 0.1) is 6.92 Å². The first-order valence-corrected chi connectivity index (χ1v) is 4.28. The van der Waals surface area contributed by atoms with Gasteiger partial charge in [0.15, 0.2) is 0 Å². The molecule has 0 aromatic carbocycles. The van der Waals surface area contributed by atoms with Crippen molar-refractivity contribution in [3.05, 3.63) is 5.82 Å². The predicted molar refractivity (Wildman–Crippen MR) is 45.5 cm³/mol. The molecular formula is C6H11N3OS. The molecular weight excluding hydrogens is 162 g/mol. The number of H-pyrrole nitrogens is 1. The van der Waals surface area contributed by atoms with Crippen molar-refractivity contribution in [3.8, 4) is 0 Å². The van der Waals surface area contributed by atoms with Crippen molar-refractivity contribution in [1.82, 2.24) is 9.97 Å². The van der Waals surface area contributed by atoms with E-state index in [1.165, 1.54) is 11.8 Å². The maximum atomic E-state index is 8.53. The lowest BCUT2D eigenvalue weighted by Crippen LogP contribution is -1.90. The highest BCUT2D eigenvalue weighted by Crippen LogP contribution is 2.21. The van der Waals surface area contributed by atoms with Gasteiger partial charge in [0, 0.05) is 5.75 Å². The monoisotopic (exact) mass is 173 g/mol. The highest BCUT2D eigenvalue weighted by molar-refractivity contribution is 7.99. The zero-order valence-electron chi connectivity index (χ0n) is 6.29. The van der Waals surface area contributed by atoms with Crippen molar-refractivity contribution in [1.29, 1.82) is 0 Å². The Bertz CT molecular complexity index is 236. The quantitative estimate of drug-likeness (QED) is 0.578. The third-order valence-electron chi connectivity index (χ3n) is 1.15. The first-order chi connectivity index (χ1) is 5.24. The van der Waals surface area contributed by atoms with Crippen LogP contribution in [0.15, 0.2) is 5.03 Å². The summed E-state index contributed by atoms with van der Waals surface area (Å²) < 4.78 is 0. The van der Waals surface area contributed by atoms with E-state index in [1.807, 2.05) is 6.92 Å². The van der Waals surface area contributed by atoms with E-state index >= 15 is 0 Å². The molecule has 0 fully saturated rings. The molecule has 0 bridgehead atoms. The summed E-state index contributed by atoms with van der Waals surface area (Å²) in [5.74, 6) is 2.03. The molecule has 0 saturated carbocycles. The maximum absolute atomic E-state index is 8.53. The molecule has 62 valence electrons. The summed E-state index contributed by atoms with van der Waals surface area (Å²) in [6.45, 7) is 2.00. The number of aryl methyl sites for hydroxylation is 1. The molecule has 11 heavy (non-hydrogen) atoms. The van der Waals surface area contributed by atoms with Crippen LogP contribution in [0.25, 0.3) is 0 Å². The summed E-state index contributed by atoms with van der Waals surface area (Å²) >= 11 is 1.45. The Kier molecular flexibility index (Phi) is 2.78. The summed E-state index contributed by atoms with van der Waals surface area (Å²) in [6.07, 6.45) is 0. The lowest BCUT2D eigenvalue weighted by atomic mass is 10.8. The van der Waals surface area contributed by atoms with Crippen LogP contribution in [-0.4, -0.2) is 27.4 Å². The van der Waals surface area contributed by atoms with Gasteiger partial charge in [0.25, 0.3) is 0 Å². The van der Waals surface area contributed by atoms with Crippen LogP contribution >= 0.6 is 11.8 Å². The summed E-state index contributed by atoms with van der Waals surface area (Å²) in [6, 6.07) is 0. The summed E-state index contributed by atoms with van der Waals surface area (Å²) in [7, 11) is 0. The van der Waals surface area contributed by atoms with Crippen molar-refractivity contribution in [2.75, 3.05) is 18.1 Å². The Morgan fingerprint density at radius 1 is 1.73 bits per heavy atom. The van der Waals surface area contributed by atoms with E-state index in [2.05, 4.69) is 9.97 Å². The molecule has 1 heterocycles. The Balaban J connectivity index is 2.62. The van der Waals surface area contributed by atoms with Crippen LogP contribution in [0.2, 0.25) is 0 Å². The van der Waals surface area contributed by atoms with Gasteiger partial charge in [-0.15, -0.1) is 11.8 Å². The largest absolute Gasteiger partial charge is 0.396 e. The first kappa shape index (κ1) is 8.42. The fourth-order valence-corrected chi connectivity index (χ4v) is 1.43. The van der Waals surface area contributed by atoms with Gasteiger partial charge in [-0.2, -0.15) is 0 Å². The Morgan fingerprint density at radius 2 is 2.45 bits per heavy atom. The van der Waals surface area contributed by atoms with E-state index in [4.69, 9.17) is 10.8 Å². The average Bonchev–Trinajstić information content (AvgIpc) is 2.26. The number of rotatable bonds is 3. The fourth-order valence-electron chi connectivity index (χ4n) is 0.741. The first-order valence-electron chi connectivity index (χ1n) is 3.29. The van der Waals surface area contributed by atoms with Gasteiger partial charge in [-0.25, -0.2) is 4.98 Å². The zero-order valence-corrected chi connectivity index (χ0v) is 7.11. The van der Waals surface area contributed by atoms with Crippen LogP contribution in [0.4, 0.5) is 5.82 Å². The summed E-state index contributed by atoms with van der Waals surface area (Å²) in [5, 5.41) is 9.30. The van der Waals surface area contributed by atoms with Gasteiger partial charge in [0.2, 0.25) is 0 Å². The van der Waals surface area contributed by atoms with Crippen molar-refractivity contribution in [2.45, 2.75) is 11.9 Å². The lowest BCUT2D eigenvalue weighted by Gasteiger charge is -1.93. The minimum Gasteiger partial charge on any atom is -0.396 e. The number of nitrogens with one attached hydrogen (secondary N) is 1. The second-order valence-electron chi connectivity index (χ2n) is 2.11. The average molecular weight is 173 g/mol. The van der Waals surface area contributed by atoms with Gasteiger partial charge in [-0.05, 0) is 6.92 Å². The fraction of sp³-hybridized carbons (Fsp3) is 0.500. The Hall–Kier alpha value is -0.680. The number of aliphatic hydroxyl groups is 1. The maximum Gasteiger partial charge on any atom is 0.138 e. The molecule has 0 amide bonds. The minimum absolute atomic E-state index is 0.149. The van der Waals surface area contributed by atoms with Crippen molar-refractivity contribution in [2.24, 2.45) is 0 Å². The molecule has 0 spiro atoms. The number of nitrogens with zero attached hydrogens (tertiary/aromatic N) is 1. The normalized spacial score (nSPS) is 10.4. The summed E-state index contributed by atoms with van der Waals surface area (Å²) in [4.78, 5) is 7.00. The number of anilines is 1. The summed E-state index contributed by atoms with van der Waals surface area (Å²) in [5.41, 5.74) is 5.56. The number of hydrogen-bond donors (Lipinski definition) is 3. The molecule has 0 aliphatic heterocycles. The molecule has 4 N–H and O–H groups in total. The van der Waals surface area contributed by atoms with Crippen LogP contribution in [0.5, 0.6) is 0 Å². The van der Waals surface area contributed by atoms with Gasteiger partial charge in [0.1, 0.15) is 16.7 Å². The Labute approximate surface area is 69.2 Å². The van der Waals surface area contributed by atoms with Gasteiger partial charge in [-0.1, -0.05) is 0 Å². The van der Waals surface area contributed by atoms with Crippen LogP contribution in [0.3, 0.4) is 0 Å². The molecule has 0 aliphatic carbocycles. The van der Waals surface area contributed by atoms with E-state index in [1.54, 1.807) is 0 Å². The number of nitrogen functional groups attached to an aromatic ring is 1. The molecule has 4 nitrogen and oxygen atoms in total. The second-order valence-corrected chi connectivity index (χ2v) is 3.20. The minimum atomic E-state index is 0.149. The molecule has 1 rings (SSSR count). The third kappa shape index (κ3) is 2.13. The highest BCUT2D eigenvalue weighted by Gasteiger charge is 2.03. The molecule has 5 heteroatoms. The second kappa shape index (κ2) is 3.64. The van der Waals surface area contributed by atoms with Crippen LogP contribution < -0.4 is 5.73 Å². The van der Waals surface area contributed by atoms with Crippen LogP contribution in [-0.2, 0) is 0 Å². The highest BCUT2D eigenvalue weighted by atomic mass is 32.2. The number of imidazole rings is 1. The van der Waals surface area contributed by atoms with Crippen LogP contribution in [0.1, 0.15) is 5.82 Å². The van der Waals surface area contributed by atoms with E-state index in [0.29, 0.717) is 11.6 Å². The SMILES string of the molecule is Cc1nc(SCCO)c(N)[nH]1. The van der Waals surface area contributed by atoms with Gasteiger partial charge in [0.05, 0.1) is 6.61 Å². The van der Waals surface area contributed by atoms with E-state index < -0.39 is 0 Å². The van der Waals surface area contributed by atoms with Gasteiger partial charge < -0.3 is 15.8 Å². The number of aromatic amines is 1. The predicted octanol–water partition coefficient (Wildman–Crippen LogP) is 0.385. The van der Waals surface area contributed by atoms with Crippen molar-refractivity contribution >= 4 is 17.6 Å². The van der Waals surface area contributed by atoms with E-state index in [9.17, 15) is 0 Å². The number of aromatic nitrogens is 2. The molecule has 1 aromatic rings. The van der Waals surface area contributed by atoms with Gasteiger partial charge in [-0.3, -0.25) is 0 Å². The standard InChI is InChI=1S/C6H11N3OS/c1-4-8-5(7)6(9-4)11-3-2-10/h10H,2-3,7H2,1H3,(H,8,9). The lowest BCUT2D eigenvalue weighted by molar-refractivity contribution is 0.322.